The Morgan fingerprint density at radius 1 is 1.64 bits per heavy atom. The van der Waals surface area contributed by atoms with Gasteiger partial charge in [0.05, 0.1) is 13.5 Å². The number of tetrazole rings is 1. The molecule has 0 saturated carbocycles. The lowest BCUT2D eigenvalue weighted by Gasteiger charge is -2.01. The molecule has 1 atom stereocenters. The summed E-state index contributed by atoms with van der Waals surface area (Å²) in [5.41, 5.74) is 5.54. The molecule has 1 aromatic heterocycles. The van der Waals surface area contributed by atoms with Crippen molar-refractivity contribution in [2.75, 3.05) is 0 Å². The van der Waals surface area contributed by atoms with E-state index in [0.29, 0.717) is 18.7 Å². The number of aryl methyl sites for hydroxylation is 1. The van der Waals surface area contributed by atoms with Crippen molar-refractivity contribution in [3.8, 4) is 0 Å². The van der Waals surface area contributed by atoms with Gasteiger partial charge in [-0.05, 0) is 18.6 Å². The minimum Gasteiger partial charge on any atom is -0.328 e. The maximum absolute atomic E-state index is 11.4. The predicted octanol–water partition coefficient (Wildman–Crippen LogP) is -0.551. The van der Waals surface area contributed by atoms with E-state index in [1.807, 2.05) is 6.92 Å². The molecule has 78 valence electrons. The van der Waals surface area contributed by atoms with Gasteiger partial charge in [0.1, 0.15) is 5.78 Å². The summed E-state index contributed by atoms with van der Waals surface area (Å²) < 4.78 is 0. The monoisotopic (exact) mass is 197 g/mol. The lowest BCUT2D eigenvalue weighted by atomic mass is 10.1. The fourth-order valence-electron chi connectivity index (χ4n) is 1.05. The highest BCUT2D eigenvalue weighted by atomic mass is 16.1. The standard InChI is InChI=1S/C8H15N5O/c1-6(9)3-4-7(14)5-8-10-12-13(2)11-8/h6H,3-5,9H2,1-2H3. The largest absolute Gasteiger partial charge is 0.328 e. The first kappa shape index (κ1) is 10.8. The zero-order valence-corrected chi connectivity index (χ0v) is 8.47. The van der Waals surface area contributed by atoms with Gasteiger partial charge in [-0.25, -0.2) is 0 Å². The van der Waals surface area contributed by atoms with Gasteiger partial charge in [-0.15, -0.1) is 10.2 Å². The molecule has 0 aliphatic carbocycles. The summed E-state index contributed by atoms with van der Waals surface area (Å²) in [7, 11) is 1.67. The second kappa shape index (κ2) is 4.80. The zero-order chi connectivity index (χ0) is 10.6. The van der Waals surface area contributed by atoms with Crippen molar-refractivity contribution in [3.63, 3.8) is 0 Å². The van der Waals surface area contributed by atoms with E-state index in [-0.39, 0.29) is 18.2 Å². The third-order valence-electron chi connectivity index (χ3n) is 1.78. The number of nitrogens with two attached hydrogens (primary N) is 1. The molecular weight excluding hydrogens is 182 g/mol. The van der Waals surface area contributed by atoms with Crippen LogP contribution in [0.4, 0.5) is 0 Å². The van der Waals surface area contributed by atoms with Crippen LogP contribution in [0.2, 0.25) is 0 Å². The van der Waals surface area contributed by atoms with Crippen molar-refractivity contribution in [2.45, 2.75) is 32.2 Å². The van der Waals surface area contributed by atoms with Gasteiger partial charge in [0, 0.05) is 12.5 Å². The Labute approximate surface area is 82.5 Å². The zero-order valence-electron chi connectivity index (χ0n) is 8.47. The van der Waals surface area contributed by atoms with E-state index in [9.17, 15) is 4.79 Å². The minimum atomic E-state index is 0.0637. The predicted molar refractivity (Wildman–Crippen MR) is 50.4 cm³/mol. The molecular formula is C8H15N5O. The smallest absolute Gasteiger partial charge is 0.182 e. The summed E-state index contributed by atoms with van der Waals surface area (Å²) in [6, 6.07) is 0.0637. The van der Waals surface area contributed by atoms with E-state index < -0.39 is 0 Å². The van der Waals surface area contributed by atoms with Crippen molar-refractivity contribution in [1.29, 1.82) is 0 Å². The summed E-state index contributed by atoms with van der Waals surface area (Å²) in [5, 5.41) is 11.3. The lowest BCUT2D eigenvalue weighted by molar-refractivity contribution is -0.118. The fraction of sp³-hybridized carbons (Fsp3) is 0.750. The van der Waals surface area contributed by atoms with Gasteiger partial charge in [-0.3, -0.25) is 4.79 Å². The van der Waals surface area contributed by atoms with Crippen LogP contribution in [-0.4, -0.2) is 32.0 Å². The fourth-order valence-corrected chi connectivity index (χ4v) is 1.05. The molecule has 14 heavy (non-hydrogen) atoms. The van der Waals surface area contributed by atoms with E-state index in [1.54, 1.807) is 7.05 Å². The van der Waals surface area contributed by atoms with Crippen molar-refractivity contribution in [1.82, 2.24) is 20.2 Å². The highest BCUT2D eigenvalue weighted by Crippen LogP contribution is 1.98. The second-order valence-corrected chi connectivity index (χ2v) is 3.43. The van der Waals surface area contributed by atoms with Gasteiger partial charge >= 0.3 is 0 Å². The molecule has 1 heterocycles. The van der Waals surface area contributed by atoms with Gasteiger partial charge in [-0.2, -0.15) is 4.80 Å². The van der Waals surface area contributed by atoms with Gasteiger partial charge in [-0.1, -0.05) is 0 Å². The van der Waals surface area contributed by atoms with Crippen molar-refractivity contribution in [2.24, 2.45) is 12.8 Å². The Kier molecular flexibility index (Phi) is 3.70. The van der Waals surface area contributed by atoms with Crippen LogP contribution in [0, 0.1) is 0 Å². The number of hydrogen-bond acceptors (Lipinski definition) is 5. The van der Waals surface area contributed by atoms with E-state index in [2.05, 4.69) is 15.4 Å². The maximum Gasteiger partial charge on any atom is 0.182 e. The highest BCUT2D eigenvalue weighted by molar-refractivity contribution is 5.80. The third kappa shape index (κ3) is 3.61. The van der Waals surface area contributed by atoms with Gasteiger partial charge in [0.2, 0.25) is 0 Å². The summed E-state index contributed by atoms with van der Waals surface area (Å²) in [6.45, 7) is 1.88. The summed E-state index contributed by atoms with van der Waals surface area (Å²) >= 11 is 0. The van der Waals surface area contributed by atoms with Crippen LogP contribution in [0.15, 0.2) is 0 Å². The number of ketones is 1. The first-order valence-corrected chi connectivity index (χ1v) is 4.58. The van der Waals surface area contributed by atoms with Gasteiger partial charge in [0.15, 0.2) is 5.82 Å². The average molecular weight is 197 g/mol. The van der Waals surface area contributed by atoms with Crippen molar-refractivity contribution >= 4 is 5.78 Å². The molecule has 0 aromatic carbocycles. The van der Waals surface area contributed by atoms with E-state index in [0.717, 1.165) is 0 Å². The number of hydrogen-bond donors (Lipinski definition) is 1. The van der Waals surface area contributed by atoms with Crippen LogP contribution in [0.1, 0.15) is 25.6 Å². The van der Waals surface area contributed by atoms with Crippen LogP contribution in [0.25, 0.3) is 0 Å². The Balaban J connectivity index is 2.34. The Bertz CT molecular complexity index is 306. The normalized spacial score (nSPS) is 12.8. The molecule has 6 heteroatoms. The van der Waals surface area contributed by atoms with Gasteiger partial charge in [0.25, 0.3) is 0 Å². The summed E-state index contributed by atoms with van der Waals surface area (Å²) in [5.74, 6) is 0.581. The van der Waals surface area contributed by atoms with Crippen LogP contribution in [0.3, 0.4) is 0 Å². The van der Waals surface area contributed by atoms with Crippen molar-refractivity contribution < 1.29 is 4.79 Å². The highest BCUT2D eigenvalue weighted by Gasteiger charge is 2.08. The van der Waals surface area contributed by atoms with E-state index >= 15 is 0 Å². The Morgan fingerprint density at radius 3 is 2.86 bits per heavy atom. The van der Waals surface area contributed by atoms with Crippen LogP contribution >= 0.6 is 0 Å². The number of carbonyl (C=O) groups excluding carboxylic acids is 1. The molecule has 0 spiro atoms. The molecule has 1 unspecified atom stereocenters. The van der Waals surface area contributed by atoms with Crippen LogP contribution < -0.4 is 5.73 Å². The number of Topliss-reactive ketones (excluding diaryl/α,β-unsaturated/α-hetero) is 1. The minimum absolute atomic E-state index is 0.0637. The quantitative estimate of drug-likeness (QED) is 0.684. The van der Waals surface area contributed by atoms with Crippen LogP contribution in [0.5, 0.6) is 0 Å². The molecule has 1 aromatic rings. The van der Waals surface area contributed by atoms with E-state index in [1.165, 1.54) is 4.80 Å². The number of carbonyl (C=O) groups is 1. The van der Waals surface area contributed by atoms with E-state index in [4.69, 9.17) is 5.73 Å². The maximum atomic E-state index is 11.4. The first-order chi connectivity index (χ1) is 6.58. The number of nitrogens with zero attached hydrogens (tertiary/aromatic N) is 4. The Hall–Kier alpha value is -1.30. The molecule has 2 N–H and O–H groups in total. The third-order valence-corrected chi connectivity index (χ3v) is 1.78. The molecule has 0 radical (unpaired) electrons. The lowest BCUT2D eigenvalue weighted by Crippen LogP contribution is -2.17. The average Bonchev–Trinajstić information content (AvgIpc) is 2.48. The molecule has 0 aliphatic heterocycles. The van der Waals surface area contributed by atoms with Crippen molar-refractivity contribution in [3.05, 3.63) is 5.82 Å². The topological polar surface area (TPSA) is 86.7 Å². The number of aromatic nitrogens is 4. The summed E-state index contributed by atoms with van der Waals surface area (Å²) in [6.07, 6.45) is 1.44. The SMILES string of the molecule is CC(N)CCC(=O)Cc1nnn(C)n1. The second-order valence-electron chi connectivity index (χ2n) is 3.43. The molecule has 0 bridgehead atoms. The molecule has 0 saturated heterocycles. The molecule has 0 fully saturated rings. The van der Waals surface area contributed by atoms with Crippen LogP contribution in [-0.2, 0) is 18.3 Å². The Morgan fingerprint density at radius 2 is 2.36 bits per heavy atom. The first-order valence-electron chi connectivity index (χ1n) is 4.58. The molecule has 1 rings (SSSR count). The van der Waals surface area contributed by atoms with Gasteiger partial charge < -0.3 is 5.73 Å². The molecule has 0 amide bonds. The number of rotatable bonds is 5. The summed E-state index contributed by atoms with van der Waals surface area (Å²) in [4.78, 5) is 12.7. The molecule has 6 nitrogen and oxygen atoms in total. The molecule has 0 aliphatic rings.